The Morgan fingerprint density at radius 2 is 2.24 bits per heavy atom. The number of nitrogens with zero attached hydrogens (tertiary/aromatic N) is 2. The smallest absolute Gasteiger partial charge is 0.0624 e. The molecule has 96 valence electrons. The average molecular weight is 235 g/mol. The molecule has 1 atom stereocenters. The van der Waals surface area contributed by atoms with E-state index in [1.54, 1.807) is 0 Å². The van der Waals surface area contributed by atoms with Gasteiger partial charge in [0, 0.05) is 12.2 Å². The van der Waals surface area contributed by atoms with Crippen molar-refractivity contribution >= 4 is 0 Å². The lowest BCUT2D eigenvalue weighted by Gasteiger charge is -2.09. The van der Waals surface area contributed by atoms with Crippen molar-refractivity contribution in [1.29, 1.82) is 0 Å². The monoisotopic (exact) mass is 235 g/mol. The van der Waals surface area contributed by atoms with Gasteiger partial charge in [0.2, 0.25) is 0 Å². The molecule has 0 aromatic carbocycles. The van der Waals surface area contributed by atoms with Gasteiger partial charge < -0.3 is 5.73 Å². The Morgan fingerprint density at radius 3 is 2.94 bits per heavy atom. The number of aryl methyl sites for hydroxylation is 1. The molecule has 1 aromatic rings. The predicted molar refractivity (Wildman–Crippen MR) is 70.9 cm³/mol. The zero-order valence-electron chi connectivity index (χ0n) is 10.9. The van der Waals surface area contributed by atoms with Gasteiger partial charge in [-0.1, -0.05) is 19.8 Å². The van der Waals surface area contributed by atoms with Crippen LogP contribution in [0.4, 0.5) is 0 Å². The van der Waals surface area contributed by atoms with Crippen LogP contribution in [0.2, 0.25) is 0 Å². The van der Waals surface area contributed by atoms with Crippen LogP contribution >= 0.6 is 0 Å². The van der Waals surface area contributed by atoms with Gasteiger partial charge in [0.05, 0.1) is 11.7 Å². The summed E-state index contributed by atoms with van der Waals surface area (Å²) < 4.78 is 2.18. The highest BCUT2D eigenvalue weighted by atomic mass is 15.3. The van der Waals surface area contributed by atoms with E-state index in [2.05, 4.69) is 23.9 Å². The van der Waals surface area contributed by atoms with Gasteiger partial charge in [0.1, 0.15) is 0 Å². The predicted octanol–water partition coefficient (Wildman–Crippen LogP) is 3.06. The molecule has 1 aliphatic rings. The number of hydrogen-bond acceptors (Lipinski definition) is 2. The first-order chi connectivity index (χ1) is 8.29. The fourth-order valence-corrected chi connectivity index (χ4v) is 2.63. The maximum absolute atomic E-state index is 5.92. The van der Waals surface area contributed by atoms with Crippen molar-refractivity contribution in [3.63, 3.8) is 0 Å². The molecule has 17 heavy (non-hydrogen) atoms. The van der Waals surface area contributed by atoms with Gasteiger partial charge in [-0.05, 0) is 44.6 Å². The average Bonchev–Trinajstić information content (AvgIpc) is 2.98. The maximum Gasteiger partial charge on any atom is 0.0624 e. The van der Waals surface area contributed by atoms with E-state index in [0.29, 0.717) is 12.1 Å². The quantitative estimate of drug-likeness (QED) is 0.823. The van der Waals surface area contributed by atoms with E-state index >= 15 is 0 Å². The van der Waals surface area contributed by atoms with Crippen molar-refractivity contribution in [3.8, 4) is 0 Å². The molecule has 0 saturated heterocycles. The molecule has 0 aliphatic heterocycles. The molecule has 2 rings (SSSR count). The Balaban J connectivity index is 1.77. The third-order valence-corrected chi connectivity index (χ3v) is 3.89. The highest BCUT2D eigenvalue weighted by Gasteiger charge is 2.17. The molecule has 1 unspecified atom stereocenters. The highest BCUT2D eigenvalue weighted by molar-refractivity contribution is 5.00. The molecule has 0 spiro atoms. The summed E-state index contributed by atoms with van der Waals surface area (Å²) in [7, 11) is 0. The van der Waals surface area contributed by atoms with Crippen LogP contribution in [0.5, 0.6) is 0 Å². The molecule has 1 aromatic heterocycles. The SMILES string of the molecule is CCC(N)CCCc1ccn(C2CCCC2)n1. The standard InChI is InChI=1S/C14H25N3/c1-2-12(15)6-5-7-13-10-11-17(16-13)14-8-3-4-9-14/h10-12,14H,2-9,15H2,1H3. The van der Waals surface area contributed by atoms with E-state index in [1.165, 1.54) is 31.4 Å². The lowest BCUT2D eigenvalue weighted by atomic mass is 10.1. The second-order valence-electron chi connectivity index (χ2n) is 5.29. The lowest BCUT2D eigenvalue weighted by Crippen LogP contribution is -2.18. The molecule has 1 heterocycles. The fourth-order valence-electron chi connectivity index (χ4n) is 2.63. The number of hydrogen-bond donors (Lipinski definition) is 1. The van der Waals surface area contributed by atoms with E-state index in [9.17, 15) is 0 Å². The molecule has 0 radical (unpaired) electrons. The molecular formula is C14H25N3. The first kappa shape index (κ1) is 12.6. The van der Waals surface area contributed by atoms with Crippen LogP contribution in [0.15, 0.2) is 12.3 Å². The molecule has 3 nitrogen and oxygen atoms in total. The van der Waals surface area contributed by atoms with Crippen LogP contribution < -0.4 is 5.73 Å². The van der Waals surface area contributed by atoms with E-state index in [4.69, 9.17) is 10.8 Å². The minimum absolute atomic E-state index is 0.368. The minimum Gasteiger partial charge on any atom is -0.328 e. The first-order valence-electron chi connectivity index (χ1n) is 7.09. The van der Waals surface area contributed by atoms with Crippen LogP contribution in [-0.4, -0.2) is 15.8 Å². The summed E-state index contributed by atoms with van der Waals surface area (Å²) in [6, 6.07) is 3.21. The summed E-state index contributed by atoms with van der Waals surface area (Å²) in [4.78, 5) is 0. The Bertz CT molecular complexity index is 326. The lowest BCUT2D eigenvalue weighted by molar-refractivity contribution is 0.461. The number of rotatable bonds is 6. The van der Waals surface area contributed by atoms with Gasteiger partial charge >= 0.3 is 0 Å². The summed E-state index contributed by atoms with van der Waals surface area (Å²) in [5.74, 6) is 0. The van der Waals surface area contributed by atoms with Gasteiger partial charge in [-0.25, -0.2) is 0 Å². The molecule has 0 amide bonds. The molecule has 1 saturated carbocycles. The summed E-state index contributed by atoms with van der Waals surface area (Å²) in [5, 5.41) is 4.69. The topological polar surface area (TPSA) is 43.8 Å². The third-order valence-electron chi connectivity index (χ3n) is 3.89. The second kappa shape index (κ2) is 6.20. The highest BCUT2D eigenvalue weighted by Crippen LogP contribution is 2.28. The summed E-state index contributed by atoms with van der Waals surface area (Å²) in [5.41, 5.74) is 7.15. The molecular weight excluding hydrogens is 210 g/mol. The summed E-state index contributed by atoms with van der Waals surface area (Å²) in [6.07, 6.45) is 11.9. The Kier molecular flexibility index (Phi) is 4.60. The third kappa shape index (κ3) is 3.56. The Morgan fingerprint density at radius 1 is 1.47 bits per heavy atom. The van der Waals surface area contributed by atoms with Gasteiger partial charge in [0.25, 0.3) is 0 Å². The first-order valence-corrected chi connectivity index (χ1v) is 7.09. The van der Waals surface area contributed by atoms with Crippen LogP contribution in [0.3, 0.4) is 0 Å². The van der Waals surface area contributed by atoms with E-state index in [1.807, 2.05) is 0 Å². The number of aromatic nitrogens is 2. The van der Waals surface area contributed by atoms with Crippen molar-refractivity contribution in [1.82, 2.24) is 9.78 Å². The summed E-state index contributed by atoms with van der Waals surface area (Å²) >= 11 is 0. The van der Waals surface area contributed by atoms with E-state index < -0.39 is 0 Å². The normalized spacial score (nSPS) is 18.7. The van der Waals surface area contributed by atoms with Crippen LogP contribution in [-0.2, 0) is 6.42 Å². The molecule has 2 N–H and O–H groups in total. The van der Waals surface area contributed by atoms with Gasteiger partial charge in [0.15, 0.2) is 0 Å². The van der Waals surface area contributed by atoms with Gasteiger partial charge in [-0.2, -0.15) is 5.10 Å². The van der Waals surface area contributed by atoms with E-state index in [-0.39, 0.29) is 0 Å². The zero-order chi connectivity index (χ0) is 12.1. The van der Waals surface area contributed by atoms with Crippen molar-refractivity contribution in [3.05, 3.63) is 18.0 Å². The largest absolute Gasteiger partial charge is 0.328 e. The van der Waals surface area contributed by atoms with Crippen molar-refractivity contribution in [2.75, 3.05) is 0 Å². The van der Waals surface area contributed by atoms with Gasteiger partial charge in [-0.15, -0.1) is 0 Å². The fraction of sp³-hybridized carbons (Fsp3) is 0.786. The molecule has 3 heteroatoms. The van der Waals surface area contributed by atoms with E-state index in [0.717, 1.165) is 25.7 Å². The zero-order valence-corrected chi connectivity index (χ0v) is 10.9. The second-order valence-corrected chi connectivity index (χ2v) is 5.29. The summed E-state index contributed by atoms with van der Waals surface area (Å²) in [6.45, 7) is 2.15. The maximum atomic E-state index is 5.92. The molecule has 1 fully saturated rings. The van der Waals surface area contributed by atoms with Gasteiger partial charge in [-0.3, -0.25) is 4.68 Å². The van der Waals surface area contributed by atoms with Crippen molar-refractivity contribution in [2.45, 2.75) is 70.4 Å². The van der Waals surface area contributed by atoms with Crippen LogP contribution in [0.25, 0.3) is 0 Å². The Hall–Kier alpha value is -0.830. The van der Waals surface area contributed by atoms with Crippen LogP contribution in [0, 0.1) is 0 Å². The van der Waals surface area contributed by atoms with Crippen molar-refractivity contribution < 1.29 is 0 Å². The molecule has 1 aliphatic carbocycles. The molecule has 0 bridgehead atoms. The number of nitrogens with two attached hydrogens (primary N) is 1. The minimum atomic E-state index is 0.368. The van der Waals surface area contributed by atoms with Crippen molar-refractivity contribution in [2.24, 2.45) is 5.73 Å². The van der Waals surface area contributed by atoms with Crippen LogP contribution in [0.1, 0.15) is 63.6 Å². The Labute approximate surface area is 104 Å².